The van der Waals surface area contributed by atoms with Gasteiger partial charge in [0.25, 0.3) is 0 Å². The largest absolute Gasteiger partial charge is 0.493 e. The molecule has 1 heterocycles. The Bertz CT molecular complexity index is 816. The zero-order chi connectivity index (χ0) is 21.3. The highest BCUT2D eigenvalue weighted by Gasteiger charge is 2.24. The summed E-state index contributed by atoms with van der Waals surface area (Å²) in [5.74, 6) is 1.46. The van der Waals surface area contributed by atoms with E-state index in [0.29, 0.717) is 38.5 Å². The van der Waals surface area contributed by atoms with Crippen molar-refractivity contribution < 1.29 is 19.0 Å². The van der Waals surface area contributed by atoms with Crippen LogP contribution in [0.15, 0.2) is 42.5 Å². The molecule has 1 amide bonds. The van der Waals surface area contributed by atoms with E-state index in [0.717, 1.165) is 30.0 Å². The lowest BCUT2D eigenvalue weighted by Crippen LogP contribution is -2.44. The Hall–Kier alpha value is -2.57. The number of carbonyl (C=O) groups is 1. The minimum absolute atomic E-state index is 0.0232. The summed E-state index contributed by atoms with van der Waals surface area (Å²) in [7, 11) is 1.65. The van der Waals surface area contributed by atoms with Crippen molar-refractivity contribution in [3.8, 4) is 11.5 Å². The number of amides is 1. The molecule has 0 radical (unpaired) electrons. The van der Waals surface area contributed by atoms with Crippen LogP contribution in [0.2, 0.25) is 0 Å². The fraction of sp³-hybridized carbons (Fsp3) is 0.458. The van der Waals surface area contributed by atoms with E-state index < -0.39 is 0 Å². The predicted molar refractivity (Wildman–Crippen MR) is 117 cm³/mol. The number of nitrogens with one attached hydrogen (secondary N) is 1. The van der Waals surface area contributed by atoms with Crippen LogP contribution in [0.1, 0.15) is 29.7 Å². The van der Waals surface area contributed by atoms with Gasteiger partial charge in [0.05, 0.1) is 39.4 Å². The standard InChI is InChI=1S/C24H32N2O4/c1-4-30-22-10-9-20(16-23(22)28-3)21(26-11-13-29-14-12-26)17-25-24(27)15-19-7-5-18(2)6-8-19/h5-10,16,21H,4,11-15,17H2,1-3H3,(H,25,27)/t21-/m1/s1. The molecule has 0 aromatic heterocycles. The molecule has 0 saturated carbocycles. The van der Waals surface area contributed by atoms with Gasteiger partial charge in [0.2, 0.25) is 5.91 Å². The van der Waals surface area contributed by atoms with Crippen molar-refractivity contribution in [2.24, 2.45) is 0 Å². The summed E-state index contributed by atoms with van der Waals surface area (Å²) in [4.78, 5) is 14.9. The number of benzene rings is 2. The summed E-state index contributed by atoms with van der Waals surface area (Å²) in [6.45, 7) is 8.15. The van der Waals surface area contributed by atoms with Crippen molar-refractivity contribution in [1.29, 1.82) is 0 Å². The highest BCUT2D eigenvalue weighted by Crippen LogP contribution is 2.32. The molecule has 0 spiro atoms. The maximum atomic E-state index is 12.6. The van der Waals surface area contributed by atoms with Gasteiger partial charge in [-0.05, 0) is 37.1 Å². The third-order valence-corrected chi connectivity index (χ3v) is 5.34. The summed E-state index contributed by atoms with van der Waals surface area (Å²) in [5.41, 5.74) is 3.30. The second-order valence-corrected chi connectivity index (χ2v) is 7.47. The SMILES string of the molecule is CCOc1ccc([C@@H](CNC(=O)Cc2ccc(C)cc2)N2CCOCC2)cc1OC. The van der Waals surface area contributed by atoms with E-state index in [4.69, 9.17) is 14.2 Å². The molecule has 2 aromatic rings. The molecular weight excluding hydrogens is 380 g/mol. The molecule has 6 nitrogen and oxygen atoms in total. The number of hydrogen-bond donors (Lipinski definition) is 1. The van der Waals surface area contributed by atoms with Gasteiger partial charge in [0, 0.05) is 19.6 Å². The molecule has 1 aliphatic heterocycles. The first-order valence-electron chi connectivity index (χ1n) is 10.6. The summed E-state index contributed by atoms with van der Waals surface area (Å²) >= 11 is 0. The number of methoxy groups -OCH3 is 1. The van der Waals surface area contributed by atoms with Gasteiger partial charge < -0.3 is 19.5 Å². The van der Waals surface area contributed by atoms with E-state index in [-0.39, 0.29) is 11.9 Å². The van der Waals surface area contributed by atoms with Crippen molar-refractivity contribution in [2.75, 3.05) is 46.6 Å². The third-order valence-electron chi connectivity index (χ3n) is 5.34. The van der Waals surface area contributed by atoms with Crippen molar-refractivity contribution in [1.82, 2.24) is 10.2 Å². The summed E-state index contributed by atoms with van der Waals surface area (Å²) in [5, 5.41) is 3.13. The Kier molecular flexibility index (Phi) is 8.11. The van der Waals surface area contributed by atoms with Crippen LogP contribution >= 0.6 is 0 Å². The lowest BCUT2D eigenvalue weighted by Gasteiger charge is -2.35. The molecule has 2 aromatic carbocycles. The van der Waals surface area contributed by atoms with Crippen LogP contribution < -0.4 is 14.8 Å². The topological polar surface area (TPSA) is 60.0 Å². The molecule has 3 rings (SSSR count). The highest BCUT2D eigenvalue weighted by molar-refractivity contribution is 5.78. The predicted octanol–water partition coefficient (Wildman–Crippen LogP) is 3.13. The van der Waals surface area contributed by atoms with Gasteiger partial charge in [-0.3, -0.25) is 9.69 Å². The van der Waals surface area contributed by atoms with Crippen molar-refractivity contribution in [3.05, 3.63) is 59.2 Å². The molecule has 0 bridgehead atoms. The first kappa shape index (κ1) is 22.1. The molecule has 0 unspecified atom stereocenters. The van der Waals surface area contributed by atoms with Crippen LogP contribution in [0.3, 0.4) is 0 Å². The average Bonchev–Trinajstić information content (AvgIpc) is 2.77. The first-order valence-corrected chi connectivity index (χ1v) is 10.6. The van der Waals surface area contributed by atoms with Crippen LogP contribution in [0.4, 0.5) is 0 Å². The van der Waals surface area contributed by atoms with E-state index in [1.54, 1.807) is 7.11 Å². The van der Waals surface area contributed by atoms with Gasteiger partial charge in [-0.25, -0.2) is 0 Å². The van der Waals surface area contributed by atoms with Crippen LogP contribution in [0.25, 0.3) is 0 Å². The van der Waals surface area contributed by atoms with E-state index >= 15 is 0 Å². The minimum atomic E-state index is 0.0232. The fourth-order valence-corrected chi connectivity index (χ4v) is 3.68. The molecule has 6 heteroatoms. The van der Waals surface area contributed by atoms with Crippen LogP contribution in [-0.2, 0) is 16.0 Å². The molecule has 0 aliphatic carbocycles. The molecule has 1 N–H and O–H groups in total. The average molecular weight is 413 g/mol. The number of nitrogens with zero attached hydrogens (tertiary/aromatic N) is 1. The maximum absolute atomic E-state index is 12.6. The number of ether oxygens (including phenoxy) is 3. The fourth-order valence-electron chi connectivity index (χ4n) is 3.68. The maximum Gasteiger partial charge on any atom is 0.224 e. The van der Waals surface area contributed by atoms with Crippen molar-refractivity contribution >= 4 is 5.91 Å². The second-order valence-electron chi connectivity index (χ2n) is 7.47. The third kappa shape index (κ3) is 5.97. The Balaban J connectivity index is 1.72. The van der Waals surface area contributed by atoms with Gasteiger partial charge in [-0.15, -0.1) is 0 Å². The lowest BCUT2D eigenvalue weighted by molar-refractivity contribution is -0.120. The van der Waals surface area contributed by atoms with Crippen LogP contribution in [0.5, 0.6) is 11.5 Å². The van der Waals surface area contributed by atoms with Gasteiger partial charge in [-0.1, -0.05) is 35.9 Å². The first-order chi connectivity index (χ1) is 14.6. The highest BCUT2D eigenvalue weighted by atomic mass is 16.5. The molecule has 30 heavy (non-hydrogen) atoms. The van der Waals surface area contributed by atoms with Gasteiger partial charge in [0.1, 0.15) is 0 Å². The zero-order valence-corrected chi connectivity index (χ0v) is 18.1. The summed E-state index contributed by atoms with van der Waals surface area (Å²) < 4.78 is 16.7. The minimum Gasteiger partial charge on any atom is -0.493 e. The van der Waals surface area contributed by atoms with Crippen LogP contribution in [-0.4, -0.2) is 57.4 Å². The lowest BCUT2D eigenvalue weighted by atomic mass is 10.0. The Morgan fingerprint density at radius 3 is 2.53 bits per heavy atom. The molecule has 162 valence electrons. The summed E-state index contributed by atoms with van der Waals surface area (Å²) in [6.07, 6.45) is 0.378. The van der Waals surface area contributed by atoms with Gasteiger partial charge in [0.15, 0.2) is 11.5 Å². The van der Waals surface area contributed by atoms with E-state index in [9.17, 15) is 4.79 Å². The molecule has 1 aliphatic rings. The monoisotopic (exact) mass is 412 g/mol. The van der Waals surface area contributed by atoms with Crippen molar-refractivity contribution in [3.63, 3.8) is 0 Å². The Labute approximate surface area is 179 Å². The summed E-state index contributed by atoms with van der Waals surface area (Å²) in [6, 6.07) is 14.1. The normalized spacial score (nSPS) is 15.4. The smallest absolute Gasteiger partial charge is 0.224 e. The second kappa shape index (κ2) is 11.0. The van der Waals surface area contributed by atoms with Gasteiger partial charge >= 0.3 is 0 Å². The number of morpholine rings is 1. The number of rotatable bonds is 9. The quantitative estimate of drug-likeness (QED) is 0.686. The van der Waals surface area contributed by atoms with Crippen LogP contribution in [0, 0.1) is 6.92 Å². The molecule has 1 fully saturated rings. The Morgan fingerprint density at radius 1 is 1.13 bits per heavy atom. The zero-order valence-electron chi connectivity index (χ0n) is 18.1. The van der Waals surface area contributed by atoms with Gasteiger partial charge in [-0.2, -0.15) is 0 Å². The number of aryl methyl sites for hydroxylation is 1. The van der Waals surface area contributed by atoms with E-state index in [2.05, 4.69) is 16.3 Å². The Morgan fingerprint density at radius 2 is 1.87 bits per heavy atom. The molecule has 1 atom stereocenters. The number of hydrogen-bond acceptors (Lipinski definition) is 5. The van der Waals surface area contributed by atoms with E-state index in [1.807, 2.05) is 50.2 Å². The van der Waals surface area contributed by atoms with Crippen molar-refractivity contribution in [2.45, 2.75) is 26.3 Å². The van der Waals surface area contributed by atoms with E-state index in [1.165, 1.54) is 5.56 Å². The number of carbonyl (C=O) groups excluding carboxylic acids is 1. The molecule has 1 saturated heterocycles. The molecular formula is C24H32N2O4.